The lowest BCUT2D eigenvalue weighted by Gasteiger charge is -2.22. The van der Waals surface area contributed by atoms with Gasteiger partial charge in [-0.05, 0) is 30.6 Å². The van der Waals surface area contributed by atoms with Gasteiger partial charge in [0.05, 0.1) is 5.54 Å². The van der Waals surface area contributed by atoms with Crippen molar-refractivity contribution in [3.8, 4) is 0 Å². The quantitative estimate of drug-likeness (QED) is 0.799. The molecule has 0 aliphatic heterocycles. The zero-order chi connectivity index (χ0) is 11.1. The van der Waals surface area contributed by atoms with E-state index in [0.717, 1.165) is 32.2 Å². The highest BCUT2D eigenvalue weighted by Crippen LogP contribution is 2.51. The van der Waals surface area contributed by atoms with Crippen molar-refractivity contribution in [3.63, 3.8) is 0 Å². The fraction of sp³-hybridized carbons (Fsp3) is 0.917. The van der Waals surface area contributed by atoms with Crippen LogP contribution >= 0.6 is 12.4 Å². The van der Waals surface area contributed by atoms with Crippen molar-refractivity contribution < 1.29 is 4.79 Å². The summed E-state index contributed by atoms with van der Waals surface area (Å²) in [6.45, 7) is 5.31. The van der Waals surface area contributed by atoms with Crippen molar-refractivity contribution in [2.24, 2.45) is 17.1 Å². The summed E-state index contributed by atoms with van der Waals surface area (Å²) in [5, 5.41) is 3.02. The van der Waals surface area contributed by atoms with E-state index in [1.54, 1.807) is 0 Å². The number of nitrogens with two attached hydrogens (primary N) is 1. The van der Waals surface area contributed by atoms with Gasteiger partial charge < -0.3 is 11.1 Å². The molecule has 3 N–H and O–H groups in total. The van der Waals surface area contributed by atoms with Crippen LogP contribution in [0.4, 0.5) is 0 Å². The lowest BCUT2D eigenvalue weighted by atomic mass is 9.98. The average molecular weight is 247 g/mol. The molecule has 0 aromatic carbocycles. The van der Waals surface area contributed by atoms with Gasteiger partial charge in [0.2, 0.25) is 5.91 Å². The third kappa shape index (κ3) is 2.69. The topological polar surface area (TPSA) is 55.1 Å². The maximum atomic E-state index is 11.9. The van der Waals surface area contributed by atoms with Crippen LogP contribution in [0.1, 0.15) is 46.0 Å². The van der Waals surface area contributed by atoms with Gasteiger partial charge in [-0.25, -0.2) is 0 Å². The Bertz CT molecular complexity index is 272. The third-order valence-corrected chi connectivity index (χ3v) is 4.17. The van der Waals surface area contributed by atoms with Gasteiger partial charge in [0.1, 0.15) is 0 Å². The van der Waals surface area contributed by atoms with Crippen LogP contribution < -0.4 is 11.1 Å². The predicted molar refractivity (Wildman–Crippen MR) is 67.5 cm³/mol. The van der Waals surface area contributed by atoms with Crippen LogP contribution in [0.3, 0.4) is 0 Å². The van der Waals surface area contributed by atoms with E-state index in [9.17, 15) is 4.79 Å². The Morgan fingerprint density at radius 1 is 1.38 bits per heavy atom. The van der Waals surface area contributed by atoms with Crippen LogP contribution in [0.2, 0.25) is 0 Å². The lowest BCUT2D eigenvalue weighted by Crippen LogP contribution is -2.52. The fourth-order valence-electron chi connectivity index (χ4n) is 2.55. The highest BCUT2D eigenvalue weighted by Gasteiger charge is 2.46. The van der Waals surface area contributed by atoms with E-state index in [-0.39, 0.29) is 18.3 Å². The molecule has 2 aliphatic carbocycles. The molecule has 1 unspecified atom stereocenters. The molecule has 0 aromatic rings. The average Bonchev–Trinajstić information content (AvgIpc) is 2.60. The summed E-state index contributed by atoms with van der Waals surface area (Å²) in [5.41, 5.74) is 5.94. The van der Waals surface area contributed by atoms with Crippen molar-refractivity contribution in [1.82, 2.24) is 5.32 Å². The van der Waals surface area contributed by atoms with E-state index < -0.39 is 5.54 Å². The van der Waals surface area contributed by atoms with Crippen LogP contribution in [-0.2, 0) is 4.79 Å². The van der Waals surface area contributed by atoms with Crippen molar-refractivity contribution in [1.29, 1.82) is 0 Å². The Hall–Kier alpha value is -0.280. The first-order valence-corrected chi connectivity index (χ1v) is 6.01. The van der Waals surface area contributed by atoms with Crippen LogP contribution in [0.15, 0.2) is 0 Å². The lowest BCUT2D eigenvalue weighted by molar-refractivity contribution is -0.126. The molecule has 2 aliphatic rings. The molecule has 16 heavy (non-hydrogen) atoms. The van der Waals surface area contributed by atoms with Crippen LogP contribution in [0.5, 0.6) is 0 Å². The maximum absolute atomic E-state index is 11.9. The summed E-state index contributed by atoms with van der Waals surface area (Å²) in [7, 11) is 0. The zero-order valence-corrected chi connectivity index (χ0v) is 11.0. The minimum absolute atomic E-state index is 0. The maximum Gasteiger partial charge on any atom is 0.240 e. The fourth-order valence-corrected chi connectivity index (χ4v) is 2.55. The van der Waals surface area contributed by atoms with Crippen molar-refractivity contribution in [3.05, 3.63) is 0 Å². The standard InChI is InChI=1S/C12H22N2O.ClH/c1-11(2)7-9(11)8-14-10(15)12(13)5-3-4-6-12;/h9H,3-8,13H2,1-2H3,(H,14,15);1H. The highest BCUT2D eigenvalue weighted by atomic mass is 35.5. The number of carbonyl (C=O) groups is 1. The second-order valence-corrected chi connectivity index (χ2v) is 5.96. The summed E-state index contributed by atoms with van der Waals surface area (Å²) in [5.74, 6) is 0.731. The molecule has 2 rings (SSSR count). The molecular formula is C12H23ClN2O. The Morgan fingerprint density at radius 2 is 1.88 bits per heavy atom. The third-order valence-electron chi connectivity index (χ3n) is 4.17. The first kappa shape index (κ1) is 13.8. The first-order chi connectivity index (χ1) is 6.94. The SMILES string of the molecule is CC1(C)CC1CNC(=O)C1(N)CCCC1.Cl. The van der Waals surface area contributed by atoms with E-state index in [1.165, 1.54) is 6.42 Å². The second-order valence-electron chi connectivity index (χ2n) is 5.96. The van der Waals surface area contributed by atoms with Crippen LogP contribution in [0, 0.1) is 11.3 Å². The number of carbonyl (C=O) groups excluding carboxylic acids is 1. The zero-order valence-electron chi connectivity index (χ0n) is 10.2. The van der Waals surface area contributed by atoms with Gasteiger partial charge in [0, 0.05) is 6.54 Å². The molecule has 94 valence electrons. The van der Waals surface area contributed by atoms with Crippen molar-refractivity contribution >= 4 is 18.3 Å². The molecule has 1 atom stereocenters. The van der Waals surface area contributed by atoms with Gasteiger partial charge >= 0.3 is 0 Å². The van der Waals surface area contributed by atoms with Crippen molar-refractivity contribution in [2.45, 2.75) is 51.5 Å². The molecule has 0 saturated heterocycles. The molecule has 2 fully saturated rings. The molecule has 0 bridgehead atoms. The normalized spacial score (nSPS) is 29.3. The van der Waals surface area contributed by atoms with E-state index in [2.05, 4.69) is 19.2 Å². The number of nitrogens with one attached hydrogen (secondary N) is 1. The molecule has 3 nitrogen and oxygen atoms in total. The molecule has 4 heteroatoms. The summed E-state index contributed by atoms with van der Waals surface area (Å²) in [6, 6.07) is 0. The summed E-state index contributed by atoms with van der Waals surface area (Å²) in [6.07, 6.45) is 5.13. The number of halogens is 1. The Kier molecular flexibility index (Phi) is 3.91. The Labute approximate surface area is 104 Å². The largest absolute Gasteiger partial charge is 0.354 e. The van der Waals surface area contributed by atoms with Crippen molar-refractivity contribution in [2.75, 3.05) is 6.54 Å². The molecule has 0 heterocycles. The van der Waals surface area contributed by atoms with Gasteiger partial charge in [0.25, 0.3) is 0 Å². The molecule has 0 aromatic heterocycles. The van der Waals surface area contributed by atoms with E-state index >= 15 is 0 Å². The van der Waals surface area contributed by atoms with Gasteiger partial charge in [-0.1, -0.05) is 26.7 Å². The Morgan fingerprint density at radius 3 is 2.31 bits per heavy atom. The summed E-state index contributed by atoms with van der Waals surface area (Å²) < 4.78 is 0. The minimum Gasteiger partial charge on any atom is -0.354 e. The second kappa shape index (κ2) is 4.53. The highest BCUT2D eigenvalue weighted by molar-refractivity contribution is 5.86. The number of amides is 1. The molecule has 0 radical (unpaired) electrons. The monoisotopic (exact) mass is 246 g/mol. The number of hydrogen-bond donors (Lipinski definition) is 2. The predicted octanol–water partition coefficient (Wildman–Crippen LogP) is 1.84. The van der Waals surface area contributed by atoms with Gasteiger partial charge in [0.15, 0.2) is 0 Å². The Balaban J connectivity index is 0.00000128. The first-order valence-electron chi connectivity index (χ1n) is 6.01. The molecular weight excluding hydrogens is 224 g/mol. The summed E-state index contributed by atoms with van der Waals surface area (Å²) in [4.78, 5) is 11.9. The minimum atomic E-state index is -0.557. The molecule has 2 saturated carbocycles. The summed E-state index contributed by atoms with van der Waals surface area (Å²) >= 11 is 0. The van der Waals surface area contributed by atoms with Gasteiger partial charge in [-0.15, -0.1) is 12.4 Å². The van der Waals surface area contributed by atoms with Gasteiger partial charge in [-0.2, -0.15) is 0 Å². The van der Waals surface area contributed by atoms with E-state index in [4.69, 9.17) is 5.73 Å². The van der Waals surface area contributed by atoms with E-state index in [1.807, 2.05) is 0 Å². The van der Waals surface area contributed by atoms with Gasteiger partial charge in [-0.3, -0.25) is 4.79 Å². The molecule has 1 amide bonds. The molecule has 0 spiro atoms. The smallest absolute Gasteiger partial charge is 0.240 e. The number of hydrogen-bond acceptors (Lipinski definition) is 2. The van der Waals surface area contributed by atoms with Crippen LogP contribution in [-0.4, -0.2) is 18.0 Å². The van der Waals surface area contributed by atoms with E-state index in [0.29, 0.717) is 11.3 Å². The van der Waals surface area contributed by atoms with Crippen LogP contribution in [0.25, 0.3) is 0 Å². The number of rotatable bonds is 3.